The van der Waals surface area contributed by atoms with E-state index < -0.39 is 4.92 Å². The van der Waals surface area contributed by atoms with Gasteiger partial charge in [-0.25, -0.2) is 0 Å². The average molecular weight is 261 g/mol. The van der Waals surface area contributed by atoms with E-state index in [1.54, 1.807) is 19.1 Å². The Balaban J connectivity index is 2.26. The molecule has 5 heteroatoms. The van der Waals surface area contributed by atoms with Crippen molar-refractivity contribution in [3.05, 3.63) is 61.8 Å². The summed E-state index contributed by atoms with van der Waals surface area (Å²) in [6.07, 6.45) is 0.281. The molecule has 0 radical (unpaired) electrons. The van der Waals surface area contributed by atoms with Crippen LogP contribution in [0.2, 0.25) is 0 Å². The number of nitrogens with zero attached hydrogens (tertiary/aromatic N) is 1. The van der Waals surface area contributed by atoms with Crippen molar-refractivity contribution in [1.29, 1.82) is 0 Å². The van der Waals surface area contributed by atoms with Crippen molar-refractivity contribution in [3.8, 4) is 0 Å². The maximum Gasteiger partial charge on any atom is 0.273 e. The molecule has 0 aliphatic heterocycles. The fourth-order valence-electron chi connectivity index (χ4n) is 1.66. The lowest BCUT2D eigenvalue weighted by Gasteiger charge is -2.02. The maximum atomic E-state index is 12.0. The molecule has 0 amide bonds. The first-order valence-electron chi connectivity index (χ1n) is 5.37. The highest BCUT2D eigenvalue weighted by molar-refractivity contribution is 7.08. The lowest BCUT2D eigenvalue weighted by molar-refractivity contribution is -0.385. The third-order valence-electron chi connectivity index (χ3n) is 2.67. The minimum absolute atomic E-state index is 0.00818. The Kier molecular flexibility index (Phi) is 3.53. The third kappa shape index (κ3) is 2.62. The third-order valence-corrected chi connectivity index (χ3v) is 3.40. The number of benzene rings is 1. The molecule has 92 valence electrons. The summed E-state index contributed by atoms with van der Waals surface area (Å²) in [6, 6.07) is 6.48. The molecule has 2 rings (SSSR count). The van der Waals surface area contributed by atoms with E-state index >= 15 is 0 Å². The number of nitro benzene ring substituents is 1. The summed E-state index contributed by atoms with van der Waals surface area (Å²) in [5.74, 6) is -0.100. The van der Waals surface area contributed by atoms with E-state index in [-0.39, 0.29) is 17.9 Å². The number of Topliss-reactive ketones (excluding diaryl/α,β-unsaturated/α-hetero) is 1. The molecule has 0 aliphatic carbocycles. The highest BCUT2D eigenvalue weighted by Gasteiger charge is 2.15. The van der Waals surface area contributed by atoms with Gasteiger partial charge in [0, 0.05) is 23.6 Å². The molecule has 0 atom stereocenters. The van der Waals surface area contributed by atoms with Crippen LogP contribution in [0.1, 0.15) is 21.5 Å². The fraction of sp³-hybridized carbons (Fsp3) is 0.154. The Morgan fingerprint density at radius 1 is 1.39 bits per heavy atom. The van der Waals surface area contributed by atoms with E-state index in [9.17, 15) is 14.9 Å². The zero-order valence-corrected chi connectivity index (χ0v) is 10.6. The Morgan fingerprint density at radius 2 is 2.17 bits per heavy atom. The van der Waals surface area contributed by atoms with E-state index in [0.717, 1.165) is 5.56 Å². The predicted molar refractivity (Wildman–Crippen MR) is 70.2 cm³/mol. The number of ketones is 1. The van der Waals surface area contributed by atoms with Crippen LogP contribution in [0.5, 0.6) is 0 Å². The molecule has 1 heterocycles. The molecule has 0 N–H and O–H groups in total. The first-order chi connectivity index (χ1) is 8.58. The molecule has 0 unspecified atom stereocenters. The Hall–Kier alpha value is -2.01. The second-order valence-electron chi connectivity index (χ2n) is 3.99. The molecule has 4 nitrogen and oxygen atoms in total. The molecule has 18 heavy (non-hydrogen) atoms. The van der Waals surface area contributed by atoms with Gasteiger partial charge in [-0.15, -0.1) is 0 Å². The van der Waals surface area contributed by atoms with E-state index in [2.05, 4.69) is 0 Å². The highest BCUT2D eigenvalue weighted by atomic mass is 32.1. The summed E-state index contributed by atoms with van der Waals surface area (Å²) in [4.78, 5) is 22.3. The summed E-state index contributed by atoms with van der Waals surface area (Å²) in [5, 5.41) is 14.6. The van der Waals surface area contributed by atoms with Crippen molar-refractivity contribution >= 4 is 22.8 Å². The van der Waals surface area contributed by atoms with Crippen molar-refractivity contribution in [2.24, 2.45) is 0 Å². The van der Waals surface area contributed by atoms with Crippen molar-refractivity contribution in [1.82, 2.24) is 0 Å². The normalized spacial score (nSPS) is 10.3. The number of carbonyl (C=O) groups is 1. The van der Waals surface area contributed by atoms with Crippen LogP contribution in [-0.2, 0) is 6.42 Å². The summed E-state index contributed by atoms with van der Waals surface area (Å²) >= 11 is 1.53. The number of nitro groups is 1. The van der Waals surface area contributed by atoms with Gasteiger partial charge in [0.2, 0.25) is 0 Å². The molecule has 0 spiro atoms. The SMILES string of the molecule is Cc1ccc(C(=O)Cc2ccsc2)cc1[N+](=O)[O-]. The van der Waals surface area contributed by atoms with Crippen molar-refractivity contribution in [2.45, 2.75) is 13.3 Å². The van der Waals surface area contributed by atoms with Gasteiger partial charge in [-0.1, -0.05) is 12.1 Å². The van der Waals surface area contributed by atoms with Crippen LogP contribution in [0.4, 0.5) is 5.69 Å². The van der Waals surface area contributed by atoms with Gasteiger partial charge < -0.3 is 0 Å². The second-order valence-corrected chi connectivity index (χ2v) is 4.77. The largest absolute Gasteiger partial charge is 0.294 e. The van der Waals surface area contributed by atoms with Crippen LogP contribution in [0.3, 0.4) is 0 Å². The topological polar surface area (TPSA) is 60.2 Å². The van der Waals surface area contributed by atoms with Crippen LogP contribution in [0, 0.1) is 17.0 Å². The van der Waals surface area contributed by atoms with E-state index in [1.807, 2.05) is 16.8 Å². The van der Waals surface area contributed by atoms with Gasteiger partial charge in [-0.2, -0.15) is 11.3 Å². The Bertz CT molecular complexity index is 590. The maximum absolute atomic E-state index is 12.0. The smallest absolute Gasteiger partial charge is 0.273 e. The lowest BCUT2D eigenvalue weighted by atomic mass is 10.0. The van der Waals surface area contributed by atoms with Crippen LogP contribution in [-0.4, -0.2) is 10.7 Å². The number of carbonyl (C=O) groups excluding carboxylic acids is 1. The molecule has 0 saturated carbocycles. The van der Waals surface area contributed by atoms with Crippen LogP contribution >= 0.6 is 11.3 Å². The van der Waals surface area contributed by atoms with E-state index in [4.69, 9.17) is 0 Å². The number of hydrogen-bond acceptors (Lipinski definition) is 4. The van der Waals surface area contributed by atoms with Gasteiger partial charge in [0.1, 0.15) is 0 Å². The number of thiophene rings is 1. The van der Waals surface area contributed by atoms with Crippen LogP contribution in [0.15, 0.2) is 35.0 Å². The quantitative estimate of drug-likeness (QED) is 0.481. The molecular weight excluding hydrogens is 250 g/mol. The van der Waals surface area contributed by atoms with Gasteiger partial charge in [-0.05, 0) is 29.3 Å². The van der Waals surface area contributed by atoms with Gasteiger partial charge in [0.15, 0.2) is 5.78 Å². The van der Waals surface area contributed by atoms with Gasteiger partial charge in [0.25, 0.3) is 5.69 Å². The van der Waals surface area contributed by atoms with Gasteiger partial charge in [0.05, 0.1) is 4.92 Å². The lowest BCUT2D eigenvalue weighted by Crippen LogP contribution is -2.04. The highest BCUT2D eigenvalue weighted by Crippen LogP contribution is 2.20. The first kappa shape index (κ1) is 12.4. The predicted octanol–water partition coefficient (Wildman–Crippen LogP) is 3.39. The van der Waals surface area contributed by atoms with Crippen molar-refractivity contribution in [3.63, 3.8) is 0 Å². The fourth-order valence-corrected chi connectivity index (χ4v) is 2.33. The van der Waals surface area contributed by atoms with E-state index in [0.29, 0.717) is 11.1 Å². The molecule has 2 aromatic rings. The summed E-state index contributed by atoms with van der Waals surface area (Å²) in [5.41, 5.74) is 1.88. The average Bonchev–Trinajstić information content (AvgIpc) is 2.81. The molecule has 1 aromatic carbocycles. The summed E-state index contributed by atoms with van der Waals surface area (Å²) in [7, 11) is 0. The molecule has 0 bridgehead atoms. The molecule has 0 saturated heterocycles. The zero-order chi connectivity index (χ0) is 13.1. The minimum Gasteiger partial charge on any atom is -0.294 e. The van der Waals surface area contributed by atoms with Crippen molar-refractivity contribution < 1.29 is 9.72 Å². The summed E-state index contributed by atoms with van der Waals surface area (Å²) < 4.78 is 0. The second kappa shape index (κ2) is 5.10. The van der Waals surface area contributed by atoms with Gasteiger partial charge in [-0.3, -0.25) is 14.9 Å². The standard InChI is InChI=1S/C13H11NO3S/c1-9-2-3-11(7-12(9)14(16)17)13(15)6-10-4-5-18-8-10/h2-5,7-8H,6H2,1H3. The Morgan fingerprint density at radius 3 is 2.78 bits per heavy atom. The Labute approximate surface area is 108 Å². The van der Waals surface area contributed by atoms with Crippen molar-refractivity contribution in [2.75, 3.05) is 0 Å². The first-order valence-corrected chi connectivity index (χ1v) is 6.31. The molecule has 0 aliphatic rings. The van der Waals surface area contributed by atoms with E-state index in [1.165, 1.54) is 17.4 Å². The van der Waals surface area contributed by atoms with Crippen LogP contribution < -0.4 is 0 Å². The molecule has 0 fully saturated rings. The molecular formula is C13H11NO3S. The number of aryl methyl sites for hydroxylation is 1. The van der Waals surface area contributed by atoms with Crippen LogP contribution in [0.25, 0.3) is 0 Å². The minimum atomic E-state index is -0.462. The zero-order valence-electron chi connectivity index (χ0n) is 9.75. The molecule has 1 aromatic heterocycles. The number of rotatable bonds is 4. The number of hydrogen-bond donors (Lipinski definition) is 0. The summed E-state index contributed by atoms with van der Waals surface area (Å²) in [6.45, 7) is 1.66. The van der Waals surface area contributed by atoms with Gasteiger partial charge >= 0.3 is 0 Å². The monoisotopic (exact) mass is 261 g/mol.